The highest BCUT2D eigenvalue weighted by Gasteiger charge is 2.37. The van der Waals surface area contributed by atoms with Gasteiger partial charge in [0.1, 0.15) is 30.0 Å². The van der Waals surface area contributed by atoms with Crippen molar-refractivity contribution in [3.8, 4) is 11.5 Å². The van der Waals surface area contributed by atoms with Gasteiger partial charge in [0.15, 0.2) is 11.5 Å². The number of carbonyl (C=O) groups excluding carboxylic acids is 3. The molecule has 5 atom stereocenters. The molecule has 0 saturated heterocycles. The standard InChI is InChI=1S/C28H43NO11/c1-8-11-19(6)37-25(32)38-20(7)15-28(29,24(30)31)16-21-12-13-22(39-26(33)35-17(4)9-2)23(14-21)40-27(34)36-18(5)10-3/h12-14,17-20H,8-11,15-16,29H2,1-7H3,(H,30,31)/t17?,18?,19?,20-,28?/m0/s1. The second kappa shape index (κ2) is 16.5. The van der Waals surface area contributed by atoms with Crippen molar-refractivity contribution in [2.24, 2.45) is 5.73 Å². The molecule has 0 aliphatic rings. The van der Waals surface area contributed by atoms with Gasteiger partial charge in [-0.25, -0.2) is 14.4 Å². The summed E-state index contributed by atoms with van der Waals surface area (Å²) >= 11 is 0. The van der Waals surface area contributed by atoms with Crippen LogP contribution in [0.1, 0.15) is 86.1 Å². The molecule has 1 rings (SSSR count). The molecule has 0 fully saturated rings. The van der Waals surface area contributed by atoms with Gasteiger partial charge in [0, 0.05) is 12.8 Å². The predicted octanol–water partition coefficient (Wildman–Crippen LogP) is 5.76. The second-order valence-corrected chi connectivity index (χ2v) is 9.90. The Kier molecular flexibility index (Phi) is 14.3. The van der Waals surface area contributed by atoms with Crippen molar-refractivity contribution in [2.75, 3.05) is 0 Å². The summed E-state index contributed by atoms with van der Waals surface area (Å²) in [4.78, 5) is 48.8. The lowest BCUT2D eigenvalue weighted by Crippen LogP contribution is -2.52. The highest BCUT2D eigenvalue weighted by molar-refractivity contribution is 5.79. The number of hydrogen-bond donors (Lipinski definition) is 2. The molecular formula is C28H43NO11. The molecule has 0 amide bonds. The summed E-state index contributed by atoms with van der Waals surface area (Å²) in [5.74, 6) is -1.68. The van der Waals surface area contributed by atoms with Crippen LogP contribution in [0.2, 0.25) is 0 Å². The SMILES string of the molecule is CCCC(C)OC(=O)O[C@@H](C)CC(N)(Cc1ccc(OC(=O)OC(C)CC)c(OC(=O)OC(C)CC)c1)C(=O)O. The third kappa shape index (κ3) is 12.1. The number of benzene rings is 1. The fourth-order valence-electron chi connectivity index (χ4n) is 3.53. The van der Waals surface area contributed by atoms with E-state index in [1.54, 1.807) is 20.8 Å². The minimum Gasteiger partial charge on any atom is -0.480 e. The van der Waals surface area contributed by atoms with Crippen LogP contribution in [0.4, 0.5) is 14.4 Å². The van der Waals surface area contributed by atoms with Crippen molar-refractivity contribution in [2.45, 2.75) is 117 Å². The first-order chi connectivity index (χ1) is 18.7. The number of aliphatic carboxylic acids is 1. The maximum absolute atomic E-state index is 12.3. The monoisotopic (exact) mass is 569 g/mol. The van der Waals surface area contributed by atoms with E-state index in [1.165, 1.54) is 25.1 Å². The summed E-state index contributed by atoms with van der Waals surface area (Å²) in [5.41, 5.74) is 4.72. The van der Waals surface area contributed by atoms with Gasteiger partial charge in [-0.1, -0.05) is 33.3 Å². The number of carboxylic acid groups (broad SMARTS) is 1. The Morgan fingerprint density at radius 1 is 0.775 bits per heavy atom. The molecule has 0 saturated carbocycles. The van der Waals surface area contributed by atoms with Crippen LogP contribution in [0.3, 0.4) is 0 Å². The zero-order valence-corrected chi connectivity index (χ0v) is 24.4. The van der Waals surface area contributed by atoms with Gasteiger partial charge in [-0.05, 0) is 64.7 Å². The number of carboxylic acids is 1. The first kappa shape index (κ1) is 34.5. The lowest BCUT2D eigenvalue weighted by atomic mass is 9.86. The second-order valence-electron chi connectivity index (χ2n) is 9.90. The first-order valence-corrected chi connectivity index (χ1v) is 13.5. The lowest BCUT2D eigenvalue weighted by Gasteiger charge is -2.28. The van der Waals surface area contributed by atoms with E-state index >= 15 is 0 Å². The fraction of sp³-hybridized carbons (Fsp3) is 0.643. The number of hydrogen-bond acceptors (Lipinski definition) is 11. The number of nitrogens with two attached hydrogens (primary N) is 1. The Morgan fingerprint density at radius 3 is 1.77 bits per heavy atom. The average Bonchev–Trinajstić information content (AvgIpc) is 2.84. The van der Waals surface area contributed by atoms with E-state index in [0.717, 1.165) is 6.42 Å². The molecule has 40 heavy (non-hydrogen) atoms. The fourth-order valence-corrected chi connectivity index (χ4v) is 3.53. The van der Waals surface area contributed by atoms with E-state index in [-0.39, 0.29) is 30.4 Å². The Labute approximate surface area is 235 Å². The zero-order valence-electron chi connectivity index (χ0n) is 24.4. The molecular weight excluding hydrogens is 526 g/mol. The van der Waals surface area contributed by atoms with Crippen LogP contribution in [-0.4, -0.2) is 59.5 Å². The van der Waals surface area contributed by atoms with Crippen LogP contribution in [0, 0.1) is 0 Å². The quantitative estimate of drug-likeness (QED) is 0.149. The summed E-state index contributed by atoms with van der Waals surface area (Å²) in [5, 5.41) is 9.93. The Balaban J connectivity index is 3.15. The van der Waals surface area contributed by atoms with Crippen molar-refractivity contribution in [1.82, 2.24) is 0 Å². The Hall–Kier alpha value is -3.54. The summed E-state index contributed by atoms with van der Waals surface area (Å²) in [6, 6.07) is 4.11. The van der Waals surface area contributed by atoms with E-state index in [4.69, 9.17) is 34.2 Å². The molecule has 1 aromatic carbocycles. The summed E-state index contributed by atoms with van der Waals surface area (Å²) in [7, 11) is 0. The Bertz CT molecular complexity index is 998. The topological polar surface area (TPSA) is 170 Å². The van der Waals surface area contributed by atoms with Crippen LogP contribution < -0.4 is 15.2 Å². The van der Waals surface area contributed by atoms with Gasteiger partial charge in [-0.2, -0.15) is 0 Å². The van der Waals surface area contributed by atoms with Crippen LogP contribution in [0.5, 0.6) is 11.5 Å². The molecule has 0 aromatic heterocycles. The molecule has 12 nitrogen and oxygen atoms in total. The van der Waals surface area contributed by atoms with E-state index in [0.29, 0.717) is 24.8 Å². The molecule has 4 unspecified atom stereocenters. The first-order valence-electron chi connectivity index (χ1n) is 13.5. The van der Waals surface area contributed by atoms with Gasteiger partial charge in [0.25, 0.3) is 0 Å². The van der Waals surface area contributed by atoms with Crippen LogP contribution >= 0.6 is 0 Å². The third-order valence-electron chi connectivity index (χ3n) is 6.03. The van der Waals surface area contributed by atoms with E-state index in [9.17, 15) is 24.3 Å². The van der Waals surface area contributed by atoms with Gasteiger partial charge < -0.3 is 39.3 Å². The smallest absolute Gasteiger partial charge is 0.480 e. The minimum absolute atomic E-state index is 0.142. The third-order valence-corrected chi connectivity index (χ3v) is 6.03. The molecule has 0 aliphatic heterocycles. The Morgan fingerprint density at radius 2 is 1.27 bits per heavy atom. The summed E-state index contributed by atoms with van der Waals surface area (Å²) in [6.45, 7) is 12.2. The van der Waals surface area contributed by atoms with Crippen molar-refractivity contribution < 1.29 is 52.7 Å². The molecule has 0 heterocycles. The molecule has 3 N–H and O–H groups in total. The van der Waals surface area contributed by atoms with E-state index in [2.05, 4.69) is 0 Å². The number of carbonyl (C=O) groups is 4. The van der Waals surface area contributed by atoms with Gasteiger partial charge in [-0.15, -0.1) is 0 Å². The van der Waals surface area contributed by atoms with Gasteiger partial charge in [0.2, 0.25) is 0 Å². The van der Waals surface area contributed by atoms with Gasteiger partial charge in [-0.3, -0.25) is 4.79 Å². The molecule has 226 valence electrons. The van der Waals surface area contributed by atoms with Crippen molar-refractivity contribution in [3.05, 3.63) is 23.8 Å². The van der Waals surface area contributed by atoms with Crippen LogP contribution in [0.15, 0.2) is 18.2 Å². The highest BCUT2D eigenvalue weighted by atomic mass is 16.8. The molecule has 0 radical (unpaired) electrons. The van der Waals surface area contributed by atoms with Crippen molar-refractivity contribution in [3.63, 3.8) is 0 Å². The predicted molar refractivity (Wildman–Crippen MR) is 144 cm³/mol. The maximum Gasteiger partial charge on any atom is 0.514 e. The number of rotatable bonds is 15. The van der Waals surface area contributed by atoms with E-state index in [1.807, 2.05) is 20.8 Å². The van der Waals surface area contributed by atoms with Crippen LogP contribution in [-0.2, 0) is 30.2 Å². The van der Waals surface area contributed by atoms with E-state index < -0.39 is 48.3 Å². The minimum atomic E-state index is -1.87. The molecule has 0 spiro atoms. The normalized spacial score (nSPS) is 15.4. The largest absolute Gasteiger partial charge is 0.514 e. The van der Waals surface area contributed by atoms with Gasteiger partial charge >= 0.3 is 24.4 Å². The molecule has 1 aromatic rings. The summed E-state index contributed by atoms with van der Waals surface area (Å²) < 4.78 is 31.2. The molecule has 0 bridgehead atoms. The maximum atomic E-state index is 12.3. The highest BCUT2D eigenvalue weighted by Crippen LogP contribution is 2.32. The number of ether oxygens (including phenoxy) is 6. The van der Waals surface area contributed by atoms with Crippen LogP contribution in [0.25, 0.3) is 0 Å². The molecule has 12 heteroatoms. The molecule has 0 aliphatic carbocycles. The lowest BCUT2D eigenvalue weighted by molar-refractivity contribution is -0.144. The van der Waals surface area contributed by atoms with Crippen molar-refractivity contribution >= 4 is 24.4 Å². The van der Waals surface area contributed by atoms with Gasteiger partial charge in [0.05, 0.1) is 0 Å². The average molecular weight is 570 g/mol. The van der Waals surface area contributed by atoms with Crippen molar-refractivity contribution in [1.29, 1.82) is 0 Å². The zero-order chi connectivity index (χ0) is 30.5. The summed E-state index contributed by atoms with van der Waals surface area (Å²) in [6.07, 6.45) is -2.95.